The van der Waals surface area contributed by atoms with Crippen molar-refractivity contribution < 1.29 is 4.42 Å². The molecule has 1 aliphatic rings. The van der Waals surface area contributed by atoms with E-state index >= 15 is 0 Å². The normalized spacial score (nSPS) is 19.2. The van der Waals surface area contributed by atoms with E-state index in [9.17, 15) is 0 Å². The lowest BCUT2D eigenvalue weighted by atomic mass is 9.74. The Morgan fingerprint density at radius 2 is 1.89 bits per heavy atom. The van der Waals surface area contributed by atoms with E-state index in [-0.39, 0.29) is 0 Å². The maximum atomic E-state index is 5.64. The lowest BCUT2D eigenvalue weighted by Gasteiger charge is -2.40. The van der Waals surface area contributed by atoms with Crippen molar-refractivity contribution in [3.05, 3.63) is 5.89 Å². The van der Waals surface area contributed by atoms with Crippen LogP contribution in [-0.2, 0) is 6.54 Å². The first kappa shape index (κ1) is 13.3. The van der Waals surface area contributed by atoms with Crippen LogP contribution in [0, 0.1) is 5.41 Å². The highest BCUT2D eigenvalue weighted by Crippen LogP contribution is 2.38. The van der Waals surface area contributed by atoms with Gasteiger partial charge < -0.3 is 14.6 Å². The van der Waals surface area contributed by atoms with E-state index in [0.717, 1.165) is 13.1 Å². The minimum absolute atomic E-state index is 0.532. The molecule has 1 aromatic rings. The van der Waals surface area contributed by atoms with Crippen molar-refractivity contribution >= 4 is 6.01 Å². The molecule has 0 radical (unpaired) electrons. The third-order valence-corrected chi connectivity index (χ3v) is 4.38. The molecule has 18 heavy (non-hydrogen) atoms. The number of piperidine rings is 1. The van der Waals surface area contributed by atoms with E-state index in [1.54, 1.807) is 0 Å². The quantitative estimate of drug-likeness (QED) is 0.870. The van der Waals surface area contributed by atoms with Gasteiger partial charge in [-0.3, -0.25) is 0 Å². The van der Waals surface area contributed by atoms with Gasteiger partial charge >= 0.3 is 6.01 Å². The smallest absolute Gasteiger partial charge is 0.318 e. The summed E-state index contributed by atoms with van der Waals surface area (Å²) in [7, 11) is 1.88. The third-order valence-electron chi connectivity index (χ3n) is 4.38. The molecule has 2 heterocycles. The van der Waals surface area contributed by atoms with E-state index in [1.807, 2.05) is 7.05 Å². The van der Waals surface area contributed by atoms with E-state index in [2.05, 4.69) is 34.3 Å². The number of anilines is 1. The first-order valence-electron chi connectivity index (χ1n) is 6.95. The van der Waals surface area contributed by atoms with Crippen molar-refractivity contribution in [1.29, 1.82) is 0 Å². The Hall–Kier alpha value is -1.10. The SMILES string of the molecule is CCC1(CC)CCN(c2nnc(CNC)o2)CC1. The van der Waals surface area contributed by atoms with Crippen LogP contribution in [0.1, 0.15) is 45.4 Å². The van der Waals surface area contributed by atoms with E-state index < -0.39 is 0 Å². The van der Waals surface area contributed by atoms with E-state index in [1.165, 1.54) is 25.7 Å². The minimum atomic E-state index is 0.532. The molecule has 1 saturated heterocycles. The highest BCUT2D eigenvalue weighted by Gasteiger charge is 2.32. The molecule has 1 aliphatic heterocycles. The second-order valence-corrected chi connectivity index (χ2v) is 5.20. The van der Waals surface area contributed by atoms with Crippen LogP contribution in [0.3, 0.4) is 0 Å². The van der Waals surface area contributed by atoms with Gasteiger partial charge in [0.2, 0.25) is 5.89 Å². The Kier molecular flexibility index (Phi) is 4.22. The summed E-state index contributed by atoms with van der Waals surface area (Å²) in [4.78, 5) is 2.22. The summed E-state index contributed by atoms with van der Waals surface area (Å²) in [5.74, 6) is 0.662. The fraction of sp³-hybridized carbons (Fsp3) is 0.846. The highest BCUT2D eigenvalue weighted by molar-refractivity contribution is 5.25. The Morgan fingerprint density at radius 3 is 2.44 bits per heavy atom. The van der Waals surface area contributed by atoms with Crippen molar-refractivity contribution in [3.63, 3.8) is 0 Å². The van der Waals surface area contributed by atoms with Crippen molar-refractivity contribution in [1.82, 2.24) is 15.5 Å². The van der Waals surface area contributed by atoms with Gasteiger partial charge in [-0.25, -0.2) is 0 Å². The third kappa shape index (κ3) is 2.66. The standard InChI is InChI=1S/C13H24N4O/c1-4-13(5-2)6-8-17(9-7-13)12-16-15-11(18-12)10-14-3/h14H,4-10H2,1-3H3. The molecule has 102 valence electrons. The summed E-state index contributed by atoms with van der Waals surface area (Å²) in [6, 6.07) is 0.682. The number of nitrogens with one attached hydrogen (secondary N) is 1. The second kappa shape index (κ2) is 5.69. The molecule has 0 amide bonds. The van der Waals surface area contributed by atoms with Gasteiger partial charge in [0.05, 0.1) is 6.54 Å². The summed E-state index contributed by atoms with van der Waals surface area (Å²) in [6.45, 7) is 7.30. The Labute approximate surface area is 109 Å². The first-order valence-corrected chi connectivity index (χ1v) is 6.95. The lowest BCUT2D eigenvalue weighted by molar-refractivity contribution is 0.196. The van der Waals surface area contributed by atoms with Gasteiger partial charge in [0.15, 0.2) is 0 Å². The fourth-order valence-corrected chi connectivity index (χ4v) is 2.72. The zero-order valence-corrected chi connectivity index (χ0v) is 11.7. The summed E-state index contributed by atoms with van der Waals surface area (Å²) in [5, 5.41) is 11.2. The van der Waals surface area contributed by atoms with Gasteiger partial charge in [0.1, 0.15) is 0 Å². The zero-order chi connectivity index (χ0) is 13.0. The average Bonchev–Trinajstić information content (AvgIpc) is 2.88. The summed E-state index contributed by atoms with van der Waals surface area (Å²) in [6.07, 6.45) is 4.99. The van der Waals surface area contributed by atoms with Crippen LogP contribution in [0.2, 0.25) is 0 Å². The van der Waals surface area contributed by atoms with Crippen LogP contribution < -0.4 is 10.2 Å². The van der Waals surface area contributed by atoms with Gasteiger partial charge in [-0.1, -0.05) is 31.8 Å². The Balaban J connectivity index is 1.96. The van der Waals surface area contributed by atoms with E-state index in [0.29, 0.717) is 23.9 Å². The monoisotopic (exact) mass is 252 g/mol. The number of rotatable bonds is 5. The summed E-state index contributed by atoms with van der Waals surface area (Å²) < 4.78 is 5.64. The number of aromatic nitrogens is 2. The van der Waals surface area contributed by atoms with Crippen molar-refractivity contribution in [3.8, 4) is 0 Å². The van der Waals surface area contributed by atoms with Gasteiger partial charge in [0, 0.05) is 13.1 Å². The zero-order valence-electron chi connectivity index (χ0n) is 11.7. The van der Waals surface area contributed by atoms with Crippen LogP contribution in [0.4, 0.5) is 6.01 Å². The molecular formula is C13H24N4O. The molecule has 1 fully saturated rings. The van der Waals surface area contributed by atoms with Gasteiger partial charge in [0.25, 0.3) is 0 Å². The fourth-order valence-electron chi connectivity index (χ4n) is 2.72. The molecular weight excluding hydrogens is 228 g/mol. The average molecular weight is 252 g/mol. The van der Waals surface area contributed by atoms with Crippen LogP contribution in [0.15, 0.2) is 4.42 Å². The van der Waals surface area contributed by atoms with Gasteiger partial charge in [-0.15, -0.1) is 5.10 Å². The number of hydrogen-bond donors (Lipinski definition) is 1. The van der Waals surface area contributed by atoms with Crippen molar-refractivity contribution in [2.24, 2.45) is 5.41 Å². The van der Waals surface area contributed by atoms with Gasteiger partial charge in [-0.2, -0.15) is 0 Å². The van der Waals surface area contributed by atoms with E-state index in [4.69, 9.17) is 4.42 Å². The molecule has 0 spiro atoms. The van der Waals surface area contributed by atoms with Crippen LogP contribution in [0.25, 0.3) is 0 Å². The second-order valence-electron chi connectivity index (χ2n) is 5.20. The first-order chi connectivity index (χ1) is 8.73. The van der Waals surface area contributed by atoms with Crippen molar-refractivity contribution in [2.45, 2.75) is 46.1 Å². The van der Waals surface area contributed by atoms with Crippen LogP contribution >= 0.6 is 0 Å². The molecule has 5 nitrogen and oxygen atoms in total. The molecule has 2 rings (SSSR count). The topological polar surface area (TPSA) is 54.2 Å². The number of nitrogens with zero attached hydrogens (tertiary/aromatic N) is 3. The molecule has 0 aromatic carbocycles. The molecule has 5 heteroatoms. The molecule has 0 bridgehead atoms. The lowest BCUT2D eigenvalue weighted by Crippen LogP contribution is -2.39. The van der Waals surface area contributed by atoms with Crippen LogP contribution in [0.5, 0.6) is 0 Å². The molecule has 1 N–H and O–H groups in total. The largest absolute Gasteiger partial charge is 0.407 e. The molecule has 0 aliphatic carbocycles. The maximum absolute atomic E-state index is 5.64. The maximum Gasteiger partial charge on any atom is 0.318 e. The van der Waals surface area contributed by atoms with Crippen LogP contribution in [-0.4, -0.2) is 30.3 Å². The predicted octanol–water partition coefficient (Wildman–Crippen LogP) is 2.20. The highest BCUT2D eigenvalue weighted by atomic mass is 16.4. The molecule has 0 saturated carbocycles. The summed E-state index contributed by atoms with van der Waals surface area (Å²) in [5.41, 5.74) is 0.532. The van der Waals surface area contributed by atoms with Gasteiger partial charge in [-0.05, 0) is 25.3 Å². The summed E-state index contributed by atoms with van der Waals surface area (Å²) >= 11 is 0. The molecule has 0 atom stereocenters. The minimum Gasteiger partial charge on any atom is -0.407 e. The molecule has 0 unspecified atom stereocenters. The molecule has 1 aromatic heterocycles. The Bertz CT molecular complexity index is 363. The number of hydrogen-bond acceptors (Lipinski definition) is 5. The van der Waals surface area contributed by atoms with Crippen molar-refractivity contribution in [2.75, 3.05) is 25.0 Å². The Morgan fingerprint density at radius 1 is 1.22 bits per heavy atom. The predicted molar refractivity (Wildman–Crippen MR) is 71.5 cm³/mol.